The molecule has 0 unspecified atom stereocenters. The molecule has 0 bridgehead atoms. The minimum atomic E-state index is -0.459. The molecule has 0 saturated carbocycles. The molecule has 5 rings (SSSR count). The summed E-state index contributed by atoms with van der Waals surface area (Å²) in [6.07, 6.45) is 0. The summed E-state index contributed by atoms with van der Waals surface area (Å²) in [5.74, 6) is -0.459. The molecule has 2 heterocycles. The lowest BCUT2D eigenvalue weighted by Gasteiger charge is -2.13. The highest BCUT2D eigenvalue weighted by atomic mass is 35.5. The van der Waals surface area contributed by atoms with Crippen LogP contribution < -0.4 is 0 Å². The Hall–Kier alpha value is -3.34. The molecule has 3 aromatic carbocycles. The number of benzene rings is 3. The van der Waals surface area contributed by atoms with Crippen LogP contribution in [-0.4, -0.2) is 22.1 Å². The standard InChI is InChI=1S/C27H20Cl2N2O2/c1-2-33-27(32)23-15-21-19-10-4-6-13-24(19)31(16-17-8-7-9-18(28)14-17)26(21)25(30-23)20-11-3-5-12-22(20)29/h3-15H,2,16H2,1H3. The average molecular weight is 475 g/mol. The number of para-hydroxylation sites is 1. The average Bonchev–Trinajstić information content (AvgIpc) is 3.13. The molecule has 164 valence electrons. The van der Waals surface area contributed by atoms with Crippen molar-refractivity contribution in [2.75, 3.05) is 6.61 Å². The number of carbonyl (C=O) groups excluding carboxylic acids is 1. The molecule has 4 nitrogen and oxygen atoms in total. The molecular weight excluding hydrogens is 455 g/mol. The van der Waals surface area contributed by atoms with E-state index in [9.17, 15) is 4.79 Å². The summed E-state index contributed by atoms with van der Waals surface area (Å²) in [6.45, 7) is 2.64. The highest BCUT2D eigenvalue weighted by Gasteiger charge is 2.22. The first-order valence-electron chi connectivity index (χ1n) is 10.6. The Balaban J connectivity index is 1.87. The van der Waals surface area contributed by atoms with E-state index < -0.39 is 5.97 Å². The molecule has 0 aliphatic rings. The maximum atomic E-state index is 12.7. The van der Waals surface area contributed by atoms with Crippen LogP contribution >= 0.6 is 23.2 Å². The van der Waals surface area contributed by atoms with Gasteiger partial charge in [0.05, 0.1) is 22.8 Å². The molecule has 0 radical (unpaired) electrons. The number of aromatic nitrogens is 2. The van der Waals surface area contributed by atoms with E-state index in [4.69, 9.17) is 32.9 Å². The fourth-order valence-electron chi connectivity index (χ4n) is 4.21. The Morgan fingerprint density at radius 1 is 0.939 bits per heavy atom. The maximum Gasteiger partial charge on any atom is 0.356 e. The number of pyridine rings is 1. The van der Waals surface area contributed by atoms with Crippen molar-refractivity contribution in [3.05, 3.63) is 100 Å². The predicted octanol–water partition coefficient (Wildman–Crippen LogP) is 7.39. The van der Waals surface area contributed by atoms with Crippen LogP contribution in [0.25, 0.3) is 33.1 Å². The molecule has 0 N–H and O–H groups in total. The zero-order valence-corrected chi connectivity index (χ0v) is 19.4. The molecule has 33 heavy (non-hydrogen) atoms. The van der Waals surface area contributed by atoms with Crippen molar-refractivity contribution in [2.45, 2.75) is 13.5 Å². The summed E-state index contributed by atoms with van der Waals surface area (Å²) < 4.78 is 7.48. The number of ether oxygens (including phenoxy) is 1. The predicted molar refractivity (Wildman–Crippen MR) is 134 cm³/mol. The normalized spacial score (nSPS) is 11.2. The number of hydrogen-bond donors (Lipinski definition) is 0. The van der Waals surface area contributed by atoms with Gasteiger partial charge in [0.15, 0.2) is 0 Å². The molecule has 0 fully saturated rings. The first-order chi connectivity index (χ1) is 16.1. The van der Waals surface area contributed by atoms with Gasteiger partial charge in [0.25, 0.3) is 0 Å². The molecule has 0 atom stereocenters. The van der Waals surface area contributed by atoms with Crippen molar-refractivity contribution in [1.29, 1.82) is 0 Å². The molecule has 0 spiro atoms. The SMILES string of the molecule is CCOC(=O)c1cc2c3ccccc3n(Cc3cccc(Cl)c3)c2c(-c2ccccc2Cl)n1. The van der Waals surface area contributed by atoms with E-state index in [2.05, 4.69) is 16.7 Å². The highest BCUT2D eigenvalue weighted by molar-refractivity contribution is 6.33. The summed E-state index contributed by atoms with van der Waals surface area (Å²) in [6, 6.07) is 25.3. The number of fused-ring (bicyclic) bond motifs is 3. The van der Waals surface area contributed by atoms with Gasteiger partial charge >= 0.3 is 5.97 Å². The zero-order valence-electron chi connectivity index (χ0n) is 17.9. The van der Waals surface area contributed by atoms with Crippen molar-refractivity contribution in [3.8, 4) is 11.3 Å². The van der Waals surface area contributed by atoms with Crippen LogP contribution in [-0.2, 0) is 11.3 Å². The number of halogens is 2. The van der Waals surface area contributed by atoms with E-state index in [1.165, 1.54) is 0 Å². The van der Waals surface area contributed by atoms with E-state index in [1.54, 1.807) is 6.92 Å². The zero-order chi connectivity index (χ0) is 22.9. The molecule has 0 saturated heterocycles. The Bertz CT molecular complexity index is 1510. The second kappa shape index (κ2) is 8.89. The van der Waals surface area contributed by atoms with Gasteiger partial charge in [-0.3, -0.25) is 0 Å². The van der Waals surface area contributed by atoms with Crippen molar-refractivity contribution in [3.63, 3.8) is 0 Å². The van der Waals surface area contributed by atoms with Gasteiger partial charge in [-0.1, -0.05) is 71.7 Å². The van der Waals surface area contributed by atoms with E-state index >= 15 is 0 Å². The minimum Gasteiger partial charge on any atom is -0.461 e. The molecule has 5 aromatic rings. The Kier molecular flexibility index (Phi) is 5.79. The number of carbonyl (C=O) groups is 1. The summed E-state index contributed by atoms with van der Waals surface area (Å²) in [7, 11) is 0. The quantitative estimate of drug-likeness (QED) is 0.249. The van der Waals surface area contributed by atoms with Crippen molar-refractivity contribution in [2.24, 2.45) is 0 Å². The van der Waals surface area contributed by atoms with E-state index in [0.29, 0.717) is 22.3 Å². The molecule has 6 heteroatoms. The number of nitrogens with zero attached hydrogens (tertiary/aromatic N) is 2. The van der Waals surface area contributed by atoms with Gasteiger partial charge in [-0.2, -0.15) is 0 Å². The molecule has 0 aliphatic heterocycles. The Morgan fingerprint density at radius 2 is 1.73 bits per heavy atom. The van der Waals surface area contributed by atoms with Gasteiger partial charge in [0.1, 0.15) is 5.69 Å². The molecule has 2 aromatic heterocycles. The third-order valence-corrected chi connectivity index (χ3v) is 6.16. The fourth-order valence-corrected chi connectivity index (χ4v) is 4.64. The largest absolute Gasteiger partial charge is 0.461 e. The molecule has 0 aliphatic carbocycles. The van der Waals surface area contributed by atoms with Gasteiger partial charge in [0.2, 0.25) is 0 Å². The van der Waals surface area contributed by atoms with E-state index in [0.717, 1.165) is 32.9 Å². The lowest BCUT2D eigenvalue weighted by Crippen LogP contribution is -2.09. The fraction of sp³-hybridized carbons (Fsp3) is 0.111. The van der Waals surface area contributed by atoms with Crippen LogP contribution in [0.3, 0.4) is 0 Å². The van der Waals surface area contributed by atoms with Crippen molar-refractivity contribution >= 4 is 51.0 Å². The van der Waals surface area contributed by atoms with Crippen LogP contribution in [0.2, 0.25) is 10.0 Å². The topological polar surface area (TPSA) is 44.1 Å². The Labute approximate surface area is 201 Å². The third kappa shape index (κ3) is 3.97. The van der Waals surface area contributed by atoms with E-state index in [-0.39, 0.29) is 12.3 Å². The van der Waals surface area contributed by atoms with Gasteiger partial charge in [-0.25, -0.2) is 9.78 Å². The van der Waals surface area contributed by atoms with Gasteiger partial charge < -0.3 is 9.30 Å². The van der Waals surface area contributed by atoms with Gasteiger partial charge in [0, 0.05) is 33.4 Å². The minimum absolute atomic E-state index is 0.255. The second-order valence-corrected chi connectivity index (χ2v) is 8.53. The second-order valence-electron chi connectivity index (χ2n) is 7.69. The summed E-state index contributed by atoms with van der Waals surface area (Å²) >= 11 is 12.9. The van der Waals surface area contributed by atoms with Crippen LogP contribution in [0.15, 0.2) is 78.9 Å². The summed E-state index contributed by atoms with van der Waals surface area (Å²) in [5, 5.41) is 3.19. The van der Waals surface area contributed by atoms with Gasteiger partial charge in [-0.05, 0) is 42.8 Å². The maximum absolute atomic E-state index is 12.7. The van der Waals surface area contributed by atoms with Crippen LogP contribution in [0.1, 0.15) is 23.0 Å². The summed E-state index contributed by atoms with van der Waals surface area (Å²) in [5.41, 5.74) is 4.64. The number of rotatable bonds is 5. The van der Waals surface area contributed by atoms with Crippen molar-refractivity contribution < 1.29 is 9.53 Å². The van der Waals surface area contributed by atoms with E-state index in [1.807, 2.05) is 66.7 Å². The summed E-state index contributed by atoms with van der Waals surface area (Å²) in [4.78, 5) is 17.4. The molecule has 0 amide bonds. The van der Waals surface area contributed by atoms with Crippen molar-refractivity contribution in [1.82, 2.24) is 9.55 Å². The smallest absolute Gasteiger partial charge is 0.356 e. The van der Waals surface area contributed by atoms with Crippen LogP contribution in [0, 0.1) is 0 Å². The monoisotopic (exact) mass is 474 g/mol. The van der Waals surface area contributed by atoms with Crippen LogP contribution in [0.5, 0.6) is 0 Å². The first-order valence-corrected chi connectivity index (χ1v) is 11.4. The number of esters is 1. The van der Waals surface area contributed by atoms with Gasteiger partial charge in [-0.15, -0.1) is 0 Å². The number of hydrogen-bond acceptors (Lipinski definition) is 3. The lowest BCUT2D eigenvalue weighted by atomic mass is 10.1. The Morgan fingerprint density at radius 3 is 2.52 bits per heavy atom. The molecular formula is C27H20Cl2N2O2. The highest BCUT2D eigenvalue weighted by Crippen LogP contribution is 2.38. The lowest BCUT2D eigenvalue weighted by molar-refractivity contribution is 0.0520. The first kappa shape index (κ1) is 21.5. The van der Waals surface area contributed by atoms with Crippen LogP contribution in [0.4, 0.5) is 0 Å². The third-order valence-electron chi connectivity index (χ3n) is 5.59.